The second kappa shape index (κ2) is 8.78. The van der Waals surface area contributed by atoms with Gasteiger partial charge in [0.1, 0.15) is 11.6 Å². The Morgan fingerprint density at radius 2 is 2.12 bits per heavy atom. The SMILES string of the molecule is C=CCN1C(=O)/C(=C/c2ccc(OCC#N)c(OCC)c2)C(=O)NC1=S. The number of rotatable bonds is 7. The topological polar surface area (TPSA) is 91.7 Å². The van der Waals surface area contributed by atoms with Gasteiger partial charge in [0, 0.05) is 6.54 Å². The van der Waals surface area contributed by atoms with Gasteiger partial charge in [-0.15, -0.1) is 6.58 Å². The second-order valence-electron chi connectivity index (χ2n) is 5.11. The van der Waals surface area contributed by atoms with Gasteiger partial charge < -0.3 is 9.47 Å². The first kappa shape index (κ1) is 19.1. The number of nitrogens with zero attached hydrogens (tertiary/aromatic N) is 2. The molecule has 1 N–H and O–H groups in total. The van der Waals surface area contributed by atoms with Crippen molar-refractivity contribution in [3.63, 3.8) is 0 Å². The van der Waals surface area contributed by atoms with Crippen LogP contribution in [0.3, 0.4) is 0 Å². The monoisotopic (exact) mass is 371 g/mol. The van der Waals surface area contributed by atoms with Crippen LogP contribution in [-0.2, 0) is 9.59 Å². The highest BCUT2D eigenvalue weighted by Crippen LogP contribution is 2.29. The van der Waals surface area contributed by atoms with E-state index in [-0.39, 0.29) is 23.8 Å². The maximum Gasteiger partial charge on any atom is 0.265 e. The molecule has 0 bridgehead atoms. The molecular weight excluding hydrogens is 354 g/mol. The predicted octanol–water partition coefficient (Wildman–Crippen LogP) is 1.80. The third-order valence-corrected chi connectivity index (χ3v) is 3.69. The average molecular weight is 371 g/mol. The normalized spacial score (nSPS) is 15.5. The van der Waals surface area contributed by atoms with E-state index in [1.807, 2.05) is 13.0 Å². The minimum absolute atomic E-state index is 0.0476. The van der Waals surface area contributed by atoms with Crippen molar-refractivity contribution >= 4 is 35.2 Å². The fraction of sp³-hybridized carbons (Fsp3) is 0.222. The number of carbonyl (C=O) groups excluding carboxylic acids is 2. The first-order valence-corrected chi connectivity index (χ1v) is 8.19. The predicted molar refractivity (Wildman–Crippen MR) is 99.3 cm³/mol. The lowest BCUT2D eigenvalue weighted by Gasteiger charge is -2.27. The molecule has 1 aromatic carbocycles. The molecule has 0 unspecified atom stereocenters. The molecule has 1 aromatic rings. The number of ether oxygens (including phenoxy) is 2. The summed E-state index contributed by atoms with van der Waals surface area (Å²) >= 11 is 5.01. The lowest BCUT2D eigenvalue weighted by atomic mass is 10.1. The quantitative estimate of drug-likeness (QED) is 0.340. The Balaban J connectivity index is 2.37. The summed E-state index contributed by atoms with van der Waals surface area (Å²) in [6.45, 7) is 5.86. The van der Waals surface area contributed by atoms with Crippen LogP contribution in [0, 0.1) is 11.3 Å². The summed E-state index contributed by atoms with van der Waals surface area (Å²) < 4.78 is 10.8. The Morgan fingerprint density at radius 1 is 1.35 bits per heavy atom. The maximum absolute atomic E-state index is 12.5. The average Bonchev–Trinajstić information content (AvgIpc) is 2.61. The number of hydrogen-bond acceptors (Lipinski definition) is 6. The van der Waals surface area contributed by atoms with Crippen molar-refractivity contribution in [2.75, 3.05) is 19.8 Å². The van der Waals surface area contributed by atoms with Crippen LogP contribution in [0.4, 0.5) is 0 Å². The first-order valence-electron chi connectivity index (χ1n) is 7.78. The molecule has 8 heteroatoms. The summed E-state index contributed by atoms with van der Waals surface area (Å²) in [7, 11) is 0. The Morgan fingerprint density at radius 3 is 2.77 bits per heavy atom. The molecule has 7 nitrogen and oxygen atoms in total. The van der Waals surface area contributed by atoms with Crippen LogP contribution < -0.4 is 14.8 Å². The second-order valence-corrected chi connectivity index (χ2v) is 5.49. The Bertz CT molecular complexity index is 826. The largest absolute Gasteiger partial charge is 0.490 e. The fourth-order valence-electron chi connectivity index (χ4n) is 2.27. The van der Waals surface area contributed by atoms with Crippen molar-refractivity contribution < 1.29 is 19.1 Å². The van der Waals surface area contributed by atoms with Crippen molar-refractivity contribution in [3.05, 3.63) is 42.0 Å². The minimum atomic E-state index is -0.567. The summed E-state index contributed by atoms with van der Waals surface area (Å²) in [5, 5.41) is 11.2. The molecule has 0 aromatic heterocycles. The summed E-state index contributed by atoms with van der Waals surface area (Å²) in [4.78, 5) is 25.9. The molecule has 2 amide bonds. The number of nitrogens with one attached hydrogen (secondary N) is 1. The summed E-state index contributed by atoms with van der Waals surface area (Å²) in [5.41, 5.74) is 0.524. The van der Waals surface area contributed by atoms with E-state index in [1.165, 1.54) is 17.1 Å². The molecule has 0 saturated carbocycles. The Hall–Kier alpha value is -3.18. The van der Waals surface area contributed by atoms with Crippen LogP contribution >= 0.6 is 12.2 Å². The maximum atomic E-state index is 12.5. The molecule has 0 atom stereocenters. The van der Waals surface area contributed by atoms with E-state index in [1.54, 1.807) is 18.2 Å². The highest BCUT2D eigenvalue weighted by Gasteiger charge is 2.32. The summed E-state index contributed by atoms with van der Waals surface area (Å²) in [5.74, 6) is -0.242. The van der Waals surface area contributed by atoms with Gasteiger partial charge in [0.2, 0.25) is 0 Å². The fourth-order valence-corrected chi connectivity index (χ4v) is 2.52. The number of carbonyl (C=O) groups is 2. The molecule has 1 fully saturated rings. The van der Waals surface area contributed by atoms with E-state index in [0.717, 1.165) is 0 Å². The molecule has 2 rings (SSSR count). The van der Waals surface area contributed by atoms with Gasteiger partial charge in [0.05, 0.1) is 6.61 Å². The van der Waals surface area contributed by atoms with Crippen molar-refractivity contribution in [1.82, 2.24) is 10.2 Å². The van der Waals surface area contributed by atoms with Crippen molar-refractivity contribution in [3.8, 4) is 17.6 Å². The van der Waals surface area contributed by atoms with Gasteiger partial charge in [0.15, 0.2) is 23.2 Å². The van der Waals surface area contributed by atoms with Crippen molar-refractivity contribution in [1.29, 1.82) is 5.26 Å². The van der Waals surface area contributed by atoms with Crippen molar-refractivity contribution in [2.24, 2.45) is 0 Å². The molecule has 0 aliphatic carbocycles. The number of thiocarbonyl (C=S) groups is 1. The molecule has 1 heterocycles. The zero-order valence-corrected chi connectivity index (χ0v) is 15.0. The van der Waals surface area contributed by atoms with Gasteiger partial charge in [-0.25, -0.2) is 0 Å². The van der Waals surface area contributed by atoms with E-state index in [2.05, 4.69) is 11.9 Å². The number of benzene rings is 1. The third-order valence-electron chi connectivity index (χ3n) is 3.37. The molecule has 0 spiro atoms. The highest BCUT2D eigenvalue weighted by molar-refractivity contribution is 7.80. The zero-order chi connectivity index (χ0) is 19.1. The standard InChI is InChI=1S/C18H17N3O4S/c1-3-8-21-17(23)13(16(22)20-18(21)26)10-12-5-6-14(25-9-7-19)15(11-12)24-4-2/h3,5-6,10-11H,1,4,8-9H2,2H3,(H,20,22,26)/b13-10+. The molecule has 1 saturated heterocycles. The zero-order valence-electron chi connectivity index (χ0n) is 14.2. The molecular formula is C18H17N3O4S. The van der Waals surface area contributed by atoms with Crippen LogP contribution in [0.25, 0.3) is 6.08 Å². The van der Waals surface area contributed by atoms with E-state index >= 15 is 0 Å². The van der Waals surface area contributed by atoms with E-state index < -0.39 is 11.8 Å². The first-order chi connectivity index (χ1) is 12.5. The highest BCUT2D eigenvalue weighted by atomic mass is 32.1. The van der Waals surface area contributed by atoms with Gasteiger partial charge in [-0.2, -0.15) is 5.26 Å². The lowest BCUT2D eigenvalue weighted by Crippen LogP contribution is -2.53. The van der Waals surface area contributed by atoms with E-state index in [9.17, 15) is 9.59 Å². The van der Waals surface area contributed by atoms with Gasteiger partial charge in [-0.05, 0) is 42.9 Å². The molecule has 0 radical (unpaired) electrons. The number of hydrogen-bond donors (Lipinski definition) is 1. The lowest BCUT2D eigenvalue weighted by molar-refractivity contribution is -0.128. The Kier molecular flexibility index (Phi) is 6.47. The van der Waals surface area contributed by atoms with E-state index in [4.69, 9.17) is 27.0 Å². The third kappa shape index (κ3) is 4.26. The van der Waals surface area contributed by atoms with Gasteiger partial charge in [0.25, 0.3) is 11.8 Å². The van der Waals surface area contributed by atoms with Gasteiger partial charge in [-0.1, -0.05) is 12.1 Å². The van der Waals surface area contributed by atoms with Gasteiger partial charge in [-0.3, -0.25) is 19.8 Å². The summed E-state index contributed by atoms with van der Waals surface area (Å²) in [6.07, 6.45) is 2.97. The molecule has 1 aliphatic rings. The molecule has 1 aliphatic heterocycles. The Labute approximate surface area is 156 Å². The van der Waals surface area contributed by atoms with Crippen LogP contribution in [0.2, 0.25) is 0 Å². The van der Waals surface area contributed by atoms with Crippen LogP contribution in [-0.4, -0.2) is 41.6 Å². The smallest absolute Gasteiger partial charge is 0.265 e. The van der Waals surface area contributed by atoms with Gasteiger partial charge >= 0.3 is 0 Å². The summed E-state index contributed by atoms with van der Waals surface area (Å²) in [6, 6.07) is 6.80. The van der Waals surface area contributed by atoms with E-state index in [0.29, 0.717) is 23.7 Å². The molecule has 134 valence electrons. The van der Waals surface area contributed by atoms with Crippen LogP contribution in [0.5, 0.6) is 11.5 Å². The van der Waals surface area contributed by atoms with Crippen LogP contribution in [0.1, 0.15) is 12.5 Å². The number of nitriles is 1. The van der Waals surface area contributed by atoms with Crippen LogP contribution in [0.15, 0.2) is 36.4 Å². The van der Waals surface area contributed by atoms with Crippen molar-refractivity contribution in [2.45, 2.75) is 6.92 Å². The molecule has 26 heavy (non-hydrogen) atoms. The minimum Gasteiger partial charge on any atom is -0.490 e. The number of amides is 2.